The fourth-order valence-electron chi connectivity index (χ4n) is 1.21. The first-order valence-corrected chi connectivity index (χ1v) is 5.08. The smallest absolute Gasteiger partial charge is 0.407 e. The second kappa shape index (κ2) is 5.83. The summed E-state index contributed by atoms with van der Waals surface area (Å²) < 4.78 is 18.1. The topological polar surface area (TPSA) is 88.2 Å². The molecule has 5 nitrogen and oxygen atoms in total. The van der Waals surface area contributed by atoms with Crippen molar-refractivity contribution in [3.05, 3.63) is 35.1 Å². The van der Waals surface area contributed by atoms with Crippen LogP contribution in [0.3, 0.4) is 0 Å². The van der Waals surface area contributed by atoms with Crippen LogP contribution in [0.5, 0.6) is 0 Å². The van der Waals surface area contributed by atoms with Crippen molar-refractivity contribution >= 4 is 11.9 Å². The zero-order valence-corrected chi connectivity index (χ0v) is 9.42. The molecule has 0 heterocycles. The van der Waals surface area contributed by atoms with E-state index in [9.17, 15) is 9.18 Å². The minimum absolute atomic E-state index is 0.0306. The highest BCUT2D eigenvalue weighted by Crippen LogP contribution is 2.10. The molecule has 0 radical (unpaired) electrons. The molecule has 1 amide bonds. The first-order valence-electron chi connectivity index (χ1n) is 5.08. The minimum Gasteiger partial charge on any atom is -0.450 e. The van der Waals surface area contributed by atoms with Gasteiger partial charge in [-0.3, -0.25) is 5.41 Å². The van der Waals surface area contributed by atoms with Crippen molar-refractivity contribution in [1.82, 2.24) is 5.32 Å². The molecule has 0 saturated carbocycles. The van der Waals surface area contributed by atoms with Crippen LogP contribution < -0.4 is 11.1 Å². The second-order valence-electron chi connectivity index (χ2n) is 3.29. The molecule has 0 aliphatic rings. The van der Waals surface area contributed by atoms with Gasteiger partial charge in [-0.1, -0.05) is 12.1 Å². The molecule has 0 saturated heterocycles. The molecular weight excluding hydrogens is 225 g/mol. The number of carbonyl (C=O) groups excluding carboxylic acids is 1. The molecule has 1 aromatic rings. The number of nitrogens with one attached hydrogen (secondary N) is 2. The van der Waals surface area contributed by atoms with Gasteiger partial charge in [0.1, 0.15) is 11.7 Å². The van der Waals surface area contributed by atoms with Crippen LogP contribution in [0.25, 0.3) is 0 Å². The van der Waals surface area contributed by atoms with E-state index < -0.39 is 11.9 Å². The van der Waals surface area contributed by atoms with Crippen molar-refractivity contribution in [3.8, 4) is 0 Å². The molecule has 0 spiro atoms. The number of hydrogen-bond donors (Lipinski definition) is 3. The molecule has 0 aromatic heterocycles. The van der Waals surface area contributed by atoms with Crippen LogP contribution in [0, 0.1) is 11.2 Å². The highest BCUT2D eigenvalue weighted by molar-refractivity contribution is 5.94. The van der Waals surface area contributed by atoms with Gasteiger partial charge in [0.2, 0.25) is 0 Å². The van der Waals surface area contributed by atoms with E-state index in [1.165, 1.54) is 12.1 Å². The molecular formula is C11H14FN3O2. The zero-order chi connectivity index (χ0) is 12.8. The lowest BCUT2D eigenvalue weighted by Gasteiger charge is -2.07. The normalized spacial score (nSPS) is 9.76. The van der Waals surface area contributed by atoms with E-state index in [4.69, 9.17) is 11.1 Å². The van der Waals surface area contributed by atoms with Crippen LogP contribution in [0.4, 0.5) is 9.18 Å². The highest BCUT2D eigenvalue weighted by Gasteiger charge is 2.07. The third-order valence-corrected chi connectivity index (χ3v) is 2.06. The highest BCUT2D eigenvalue weighted by atomic mass is 19.1. The summed E-state index contributed by atoms with van der Waals surface area (Å²) in [6.45, 7) is 1.97. The Morgan fingerprint density at radius 3 is 2.82 bits per heavy atom. The van der Waals surface area contributed by atoms with E-state index in [1.54, 1.807) is 6.92 Å². The van der Waals surface area contributed by atoms with E-state index in [-0.39, 0.29) is 19.0 Å². The maximum absolute atomic E-state index is 13.5. The van der Waals surface area contributed by atoms with E-state index in [2.05, 4.69) is 10.1 Å². The summed E-state index contributed by atoms with van der Waals surface area (Å²) in [4.78, 5) is 11.0. The summed E-state index contributed by atoms with van der Waals surface area (Å²) in [6.07, 6.45) is -0.595. The molecule has 6 heteroatoms. The molecule has 1 rings (SSSR count). The van der Waals surface area contributed by atoms with Crippen molar-refractivity contribution in [2.45, 2.75) is 13.5 Å². The van der Waals surface area contributed by atoms with Crippen LogP contribution in [-0.2, 0) is 11.3 Å². The van der Waals surface area contributed by atoms with Gasteiger partial charge in [0.25, 0.3) is 0 Å². The molecule has 0 aliphatic carbocycles. The maximum atomic E-state index is 13.5. The Morgan fingerprint density at radius 2 is 2.29 bits per heavy atom. The Bertz CT molecular complexity index is 435. The average molecular weight is 239 g/mol. The molecule has 1 aromatic carbocycles. The Labute approximate surface area is 98.3 Å². The third kappa shape index (κ3) is 3.75. The third-order valence-electron chi connectivity index (χ3n) is 2.06. The summed E-state index contributed by atoms with van der Waals surface area (Å²) in [5, 5.41) is 9.55. The van der Waals surface area contributed by atoms with Gasteiger partial charge < -0.3 is 15.8 Å². The lowest BCUT2D eigenvalue weighted by molar-refractivity contribution is 0.151. The van der Waals surface area contributed by atoms with Crippen LogP contribution in [0.1, 0.15) is 18.1 Å². The van der Waals surface area contributed by atoms with Gasteiger partial charge in [-0.15, -0.1) is 0 Å². The van der Waals surface area contributed by atoms with Gasteiger partial charge in [-0.25, -0.2) is 9.18 Å². The number of halogens is 1. The van der Waals surface area contributed by atoms with Gasteiger partial charge in [0.05, 0.1) is 6.61 Å². The first-order chi connectivity index (χ1) is 8.04. The lowest BCUT2D eigenvalue weighted by atomic mass is 10.1. The van der Waals surface area contributed by atoms with Crippen molar-refractivity contribution in [2.24, 2.45) is 5.73 Å². The Kier molecular flexibility index (Phi) is 4.45. The van der Waals surface area contributed by atoms with Crippen LogP contribution >= 0.6 is 0 Å². The number of hydrogen-bond acceptors (Lipinski definition) is 3. The monoisotopic (exact) mass is 239 g/mol. The molecule has 92 valence electrons. The van der Waals surface area contributed by atoms with Crippen LogP contribution in [0.2, 0.25) is 0 Å². The SMILES string of the molecule is CCOC(=O)NCc1ccc(C(=N)N)cc1F. The average Bonchev–Trinajstić information content (AvgIpc) is 2.27. The predicted molar refractivity (Wildman–Crippen MR) is 61.3 cm³/mol. The predicted octanol–water partition coefficient (Wildman–Crippen LogP) is 1.36. The van der Waals surface area contributed by atoms with E-state index in [1.807, 2.05) is 0 Å². The molecule has 4 N–H and O–H groups in total. The number of carbonyl (C=O) groups is 1. The van der Waals surface area contributed by atoms with Crippen LogP contribution in [-0.4, -0.2) is 18.5 Å². The van der Waals surface area contributed by atoms with Crippen LogP contribution in [0.15, 0.2) is 18.2 Å². The summed E-state index contributed by atoms with van der Waals surface area (Å²) in [6, 6.07) is 4.15. The van der Waals surface area contributed by atoms with E-state index in [0.717, 1.165) is 6.07 Å². The second-order valence-corrected chi connectivity index (χ2v) is 3.29. The number of rotatable bonds is 4. The van der Waals surface area contributed by atoms with Gasteiger partial charge in [-0.05, 0) is 13.0 Å². The van der Waals surface area contributed by atoms with Crippen molar-refractivity contribution in [1.29, 1.82) is 5.41 Å². The fourth-order valence-corrected chi connectivity index (χ4v) is 1.21. The Balaban J connectivity index is 2.66. The van der Waals surface area contributed by atoms with E-state index >= 15 is 0 Å². The number of amides is 1. The lowest BCUT2D eigenvalue weighted by Crippen LogP contribution is -2.24. The fraction of sp³-hybridized carbons (Fsp3) is 0.273. The van der Waals surface area contributed by atoms with Gasteiger partial charge in [0.15, 0.2) is 0 Å². The molecule has 0 aliphatic heterocycles. The molecule has 0 bridgehead atoms. The van der Waals surface area contributed by atoms with Gasteiger partial charge in [0, 0.05) is 17.7 Å². The minimum atomic E-state index is -0.595. The Hall–Kier alpha value is -2.11. The largest absolute Gasteiger partial charge is 0.450 e. The van der Waals surface area contributed by atoms with Crippen molar-refractivity contribution in [2.75, 3.05) is 6.61 Å². The number of nitrogen functional groups attached to an aromatic ring is 1. The standard InChI is InChI=1S/C11H14FN3O2/c1-2-17-11(16)15-6-8-4-3-7(10(13)14)5-9(8)12/h3-5H,2,6H2,1H3,(H3,13,14)(H,15,16). The number of nitrogens with two attached hydrogens (primary N) is 1. The number of alkyl carbamates (subject to hydrolysis) is 1. The quantitative estimate of drug-likeness (QED) is 0.547. The number of amidine groups is 1. The number of ether oxygens (including phenoxy) is 1. The van der Waals surface area contributed by atoms with Crippen molar-refractivity contribution in [3.63, 3.8) is 0 Å². The molecule has 17 heavy (non-hydrogen) atoms. The summed E-state index contributed by atoms with van der Waals surface area (Å²) in [5.74, 6) is -0.719. The van der Waals surface area contributed by atoms with Gasteiger partial charge in [-0.2, -0.15) is 0 Å². The molecule has 0 atom stereocenters. The Morgan fingerprint density at radius 1 is 1.59 bits per heavy atom. The maximum Gasteiger partial charge on any atom is 0.407 e. The van der Waals surface area contributed by atoms with E-state index in [0.29, 0.717) is 11.1 Å². The molecule has 0 unspecified atom stereocenters. The van der Waals surface area contributed by atoms with Crippen molar-refractivity contribution < 1.29 is 13.9 Å². The summed E-state index contributed by atoms with van der Waals surface area (Å²) in [7, 11) is 0. The van der Waals surface area contributed by atoms with Gasteiger partial charge >= 0.3 is 6.09 Å². The summed E-state index contributed by atoms with van der Waals surface area (Å²) >= 11 is 0. The zero-order valence-electron chi connectivity index (χ0n) is 9.42. The number of benzene rings is 1. The summed E-state index contributed by atoms with van der Waals surface area (Å²) in [5.41, 5.74) is 5.84. The molecule has 0 fully saturated rings. The first kappa shape index (κ1) is 13.0.